The van der Waals surface area contributed by atoms with Crippen molar-refractivity contribution in [1.29, 1.82) is 0 Å². The van der Waals surface area contributed by atoms with Gasteiger partial charge in [0.2, 0.25) is 0 Å². The molecule has 0 N–H and O–H groups in total. The van der Waals surface area contributed by atoms with E-state index in [4.69, 9.17) is 0 Å². The van der Waals surface area contributed by atoms with Crippen LogP contribution in [0.15, 0.2) is 18.7 Å². The highest BCUT2D eigenvalue weighted by Gasteiger charge is 1.90. The SMILES string of the molecule is C=CCCCCCCCC/[C]=C/CCCCCC. The maximum Gasteiger partial charge on any atom is -0.0279 e. The van der Waals surface area contributed by atoms with Crippen LogP contribution in [0, 0.1) is 6.08 Å². The van der Waals surface area contributed by atoms with E-state index in [2.05, 4.69) is 25.7 Å². The minimum absolute atomic E-state index is 1.17. The van der Waals surface area contributed by atoms with Gasteiger partial charge in [-0.25, -0.2) is 0 Å². The average molecular weight is 249 g/mol. The fraction of sp³-hybridized carbons (Fsp3) is 0.778. The van der Waals surface area contributed by atoms with Crippen LogP contribution in [-0.4, -0.2) is 0 Å². The molecule has 0 heteroatoms. The molecule has 0 saturated heterocycles. The second-order valence-corrected chi connectivity index (χ2v) is 5.21. The Labute approximate surface area is 116 Å². The van der Waals surface area contributed by atoms with Crippen molar-refractivity contribution in [2.24, 2.45) is 0 Å². The van der Waals surface area contributed by atoms with Crippen molar-refractivity contribution in [3.05, 3.63) is 24.8 Å². The van der Waals surface area contributed by atoms with E-state index in [0.717, 1.165) is 0 Å². The highest BCUT2D eigenvalue weighted by Crippen LogP contribution is 2.09. The fourth-order valence-electron chi connectivity index (χ4n) is 2.10. The molecule has 18 heavy (non-hydrogen) atoms. The van der Waals surface area contributed by atoms with Crippen LogP contribution in [0.2, 0.25) is 0 Å². The van der Waals surface area contributed by atoms with E-state index in [9.17, 15) is 0 Å². The molecule has 1 radical (unpaired) electrons. The molecule has 0 rings (SSSR count). The Kier molecular flexibility index (Phi) is 16.0. The number of allylic oxidation sites excluding steroid dienone is 3. The van der Waals surface area contributed by atoms with Crippen LogP contribution < -0.4 is 0 Å². The molecular formula is C18H33. The highest BCUT2D eigenvalue weighted by molar-refractivity contribution is 4.73. The van der Waals surface area contributed by atoms with Crippen molar-refractivity contribution in [3.63, 3.8) is 0 Å². The molecule has 0 aliphatic rings. The predicted molar refractivity (Wildman–Crippen MR) is 83.7 cm³/mol. The largest absolute Gasteiger partial charge is 0.103 e. The first kappa shape index (κ1) is 17.5. The third-order valence-electron chi connectivity index (χ3n) is 3.33. The van der Waals surface area contributed by atoms with Gasteiger partial charge in [-0.15, -0.1) is 6.58 Å². The summed E-state index contributed by atoms with van der Waals surface area (Å²) in [5.41, 5.74) is 0. The number of rotatable bonds is 14. The van der Waals surface area contributed by atoms with Crippen molar-refractivity contribution < 1.29 is 0 Å². The van der Waals surface area contributed by atoms with E-state index in [1.807, 2.05) is 6.08 Å². The van der Waals surface area contributed by atoms with Crippen LogP contribution in [0.5, 0.6) is 0 Å². The fourth-order valence-corrected chi connectivity index (χ4v) is 2.10. The number of unbranched alkanes of at least 4 members (excludes halogenated alkanes) is 11. The lowest BCUT2D eigenvalue weighted by atomic mass is 10.1. The molecule has 0 fully saturated rings. The van der Waals surface area contributed by atoms with Gasteiger partial charge < -0.3 is 0 Å². The van der Waals surface area contributed by atoms with Crippen LogP contribution in [0.3, 0.4) is 0 Å². The Morgan fingerprint density at radius 1 is 0.778 bits per heavy atom. The van der Waals surface area contributed by atoms with Crippen LogP contribution >= 0.6 is 0 Å². The molecule has 0 spiro atoms. The molecule has 0 aromatic heterocycles. The van der Waals surface area contributed by atoms with Gasteiger partial charge in [-0.05, 0) is 44.6 Å². The third-order valence-corrected chi connectivity index (χ3v) is 3.33. The van der Waals surface area contributed by atoms with Gasteiger partial charge >= 0.3 is 0 Å². The molecule has 0 aromatic rings. The van der Waals surface area contributed by atoms with Gasteiger partial charge in [0, 0.05) is 0 Å². The third kappa shape index (κ3) is 15.5. The summed E-state index contributed by atoms with van der Waals surface area (Å²) in [5, 5.41) is 0. The van der Waals surface area contributed by atoms with E-state index in [1.165, 1.54) is 83.5 Å². The van der Waals surface area contributed by atoms with Crippen LogP contribution in [0.25, 0.3) is 0 Å². The maximum atomic E-state index is 3.75. The van der Waals surface area contributed by atoms with Crippen molar-refractivity contribution >= 4 is 0 Å². The second kappa shape index (κ2) is 16.5. The van der Waals surface area contributed by atoms with Gasteiger partial charge in [0.25, 0.3) is 0 Å². The Morgan fingerprint density at radius 3 is 2.11 bits per heavy atom. The molecule has 0 aromatic carbocycles. The summed E-state index contributed by atoms with van der Waals surface area (Å²) < 4.78 is 0. The van der Waals surface area contributed by atoms with E-state index in [1.54, 1.807) is 0 Å². The molecule has 0 nitrogen and oxygen atoms in total. The molecule has 0 atom stereocenters. The Balaban J connectivity index is 3.01. The Hall–Kier alpha value is -0.520. The van der Waals surface area contributed by atoms with Crippen molar-refractivity contribution in [2.45, 2.75) is 90.4 Å². The van der Waals surface area contributed by atoms with Gasteiger partial charge in [-0.2, -0.15) is 0 Å². The van der Waals surface area contributed by atoms with E-state index in [0.29, 0.717) is 0 Å². The predicted octanol–water partition coefficient (Wildman–Crippen LogP) is 6.62. The summed E-state index contributed by atoms with van der Waals surface area (Å²) in [6, 6.07) is 0. The average Bonchev–Trinajstić information content (AvgIpc) is 2.39. The zero-order valence-corrected chi connectivity index (χ0v) is 12.6. The van der Waals surface area contributed by atoms with Crippen LogP contribution in [0.4, 0.5) is 0 Å². The highest BCUT2D eigenvalue weighted by atomic mass is 14.0. The van der Waals surface area contributed by atoms with Crippen molar-refractivity contribution in [1.82, 2.24) is 0 Å². The lowest BCUT2D eigenvalue weighted by molar-refractivity contribution is 0.597. The molecular weight excluding hydrogens is 216 g/mol. The normalized spacial score (nSPS) is 11.2. The molecule has 0 aliphatic carbocycles. The molecule has 0 amide bonds. The maximum absolute atomic E-state index is 3.75. The second-order valence-electron chi connectivity index (χ2n) is 5.21. The lowest BCUT2D eigenvalue weighted by Gasteiger charge is -1.99. The first-order valence-electron chi connectivity index (χ1n) is 8.07. The number of hydrogen-bond acceptors (Lipinski definition) is 0. The first-order valence-corrected chi connectivity index (χ1v) is 8.07. The molecule has 0 aliphatic heterocycles. The Bertz CT molecular complexity index is 178. The summed E-state index contributed by atoms with van der Waals surface area (Å²) >= 11 is 0. The van der Waals surface area contributed by atoms with E-state index < -0.39 is 0 Å². The van der Waals surface area contributed by atoms with Crippen LogP contribution in [0.1, 0.15) is 90.4 Å². The first-order chi connectivity index (χ1) is 8.91. The van der Waals surface area contributed by atoms with Gasteiger partial charge in [0.1, 0.15) is 0 Å². The topological polar surface area (TPSA) is 0 Å². The summed E-state index contributed by atoms with van der Waals surface area (Å²) in [7, 11) is 0. The standard InChI is InChI=1S/C18H33/c1-3-5-7-9-11-13-15-17-18-16-14-12-10-8-6-4-2/h3,14H,1,4-13,15,17-18H2,2H3. The zero-order valence-electron chi connectivity index (χ0n) is 12.6. The number of hydrogen-bond donors (Lipinski definition) is 0. The minimum Gasteiger partial charge on any atom is -0.103 e. The van der Waals surface area contributed by atoms with Crippen molar-refractivity contribution in [2.75, 3.05) is 0 Å². The van der Waals surface area contributed by atoms with Gasteiger partial charge in [0.15, 0.2) is 0 Å². The monoisotopic (exact) mass is 249 g/mol. The van der Waals surface area contributed by atoms with Crippen LogP contribution in [-0.2, 0) is 0 Å². The van der Waals surface area contributed by atoms with Gasteiger partial charge in [-0.3, -0.25) is 0 Å². The molecule has 0 bridgehead atoms. The van der Waals surface area contributed by atoms with E-state index in [-0.39, 0.29) is 0 Å². The summed E-state index contributed by atoms with van der Waals surface area (Å²) in [6.45, 7) is 6.01. The van der Waals surface area contributed by atoms with Gasteiger partial charge in [0.05, 0.1) is 0 Å². The van der Waals surface area contributed by atoms with E-state index >= 15 is 0 Å². The summed E-state index contributed by atoms with van der Waals surface area (Å²) in [4.78, 5) is 0. The smallest absolute Gasteiger partial charge is 0.0279 e. The Morgan fingerprint density at radius 2 is 1.39 bits per heavy atom. The quantitative estimate of drug-likeness (QED) is 0.239. The molecule has 0 saturated carbocycles. The summed E-state index contributed by atoms with van der Waals surface area (Å²) in [6.07, 6.45) is 25.0. The minimum atomic E-state index is 1.17. The molecule has 0 unspecified atom stereocenters. The summed E-state index contributed by atoms with van der Waals surface area (Å²) in [5.74, 6) is 0. The molecule has 0 heterocycles. The molecule has 105 valence electrons. The zero-order chi connectivity index (χ0) is 13.3. The van der Waals surface area contributed by atoms with Gasteiger partial charge in [-0.1, -0.05) is 64.0 Å². The van der Waals surface area contributed by atoms with Crippen molar-refractivity contribution in [3.8, 4) is 0 Å². The lowest BCUT2D eigenvalue weighted by Crippen LogP contribution is -1.79.